The van der Waals surface area contributed by atoms with E-state index in [0.29, 0.717) is 0 Å². The monoisotopic (exact) mass is 372 g/mol. The molecule has 0 amide bonds. The summed E-state index contributed by atoms with van der Waals surface area (Å²) < 4.78 is 5.78. The molecule has 0 heterocycles. The average molecular weight is 373 g/mol. The molecule has 1 aromatic carbocycles. The summed E-state index contributed by atoms with van der Waals surface area (Å²) in [5.74, 6) is 0.857. The molecule has 1 rings (SSSR count). The number of rotatable bonds is 19. The molecule has 2 radical (unpaired) electrons. The zero-order valence-electron chi connectivity index (χ0n) is 18.3. The molecule has 0 fully saturated rings. The van der Waals surface area contributed by atoms with Gasteiger partial charge < -0.3 is 4.74 Å². The van der Waals surface area contributed by atoms with Gasteiger partial charge in [-0.25, -0.2) is 0 Å². The fourth-order valence-electron chi connectivity index (χ4n) is 3.55. The number of hydrogen-bond acceptors (Lipinski definition) is 1. The maximum Gasteiger partial charge on any atom is 0.128 e. The fourth-order valence-corrected chi connectivity index (χ4v) is 3.55. The lowest BCUT2D eigenvalue weighted by atomic mass is 10.0. The summed E-state index contributed by atoms with van der Waals surface area (Å²) in [6.45, 7) is 5.24. The van der Waals surface area contributed by atoms with Crippen LogP contribution in [0.15, 0.2) is 12.1 Å². The van der Waals surface area contributed by atoms with Crippen LogP contribution in [0.3, 0.4) is 0 Å². The summed E-state index contributed by atoms with van der Waals surface area (Å²) in [5.41, 5.74) is 1.18. The molecule has 1 nitrogen and oxygen atoms in total. The van der Waals surface area contributed by atoms with E-state index in [9.17, 15) is 0 Å². The van der Waals surface area contributed by atoms with Crippen LogP contribution in [0.2, 0.25) is 0 Å². The first-order valence-corrected chi connectivity index (χ1v) is 11.9. The lowest BCUT2D eigenvalue weighted by Crippen LogP contribution is -1.98. The van der Waals surface area contributed by atoms with Crippen molar-refractivity contribution in [3.63, 3.8) is 0 Å². The number of aryl methyl sites for hydroxylation is 1. The maximum atomic E-state index is 5.78. The summed E-state index contributed by atoms with van der Waals surface area (Å²) in [4.78, 5) is 0. The minimum absolute atomic E-state index is 0.815. The molecular formula is C26H44O. The van der Waals surface area contributed by atoms with Gasteiger partial charge >= 0.3 is 0 Å². The molecule has 1 heteroatoms. The number of ether oxygens (including phenoxy) is 1. The standard InChI is InChI=1S/C26H44O/c1-3-5-6-7-8-9-10-11-12-13-14-15-16-17-18-19-23-27-26-22-20-21-25(4-2)24-26/h21-22H,3-19,23H2,1-2H3. The Morgan fingerprint density at radius 3 is 1.59 bits per heavy atom. The summed E-state index contributed by atoms with van der Waals surface area (Å²) in [5, 5.41) is 0. The molecule has 0 N–H and O–H groups in total. The fraction of sp³-hybridized carbons (Fsp3) is 0.769. The molecule has 1 aromatic rings. The van der Waals surface area contributed by atoms with Gasteiger partial charge in [0.2, 0.25) is 0 Å². The van der Waals surface area contributed by atoms with Crippen LogP contribution in [0.1, 0.15) is 122 Å². The van der Waals surface area contributed by atoms with Crippen LogP contribution in [-0.4, -0.2) is 6.61 Å². The van der Waals surface area contributed by atoms with Gasteiger partial charge in [0.05, 0.1) is 6.61 Å². The maximum absolute atomic E-state index is 5.78. The highest BCUT2D eigenvalue weighted by Gasteiger charge is 1.98. The Bertz CT molecular complexity index is 426. The highest BCUT2D eigenvalue weighted by molar-refractivity contribution is 5.25. The van der Waals surface area contributed by atoms with E-state index >= 15 is 0 Å². The van der Waals surface area contributed by atoms with Crippen molar-refractivity contribution in [1.82, 2.24) is 0 Å². The van der Waals surface area contributed by atoms with Crippen molar-refractivity contribution in [2.24, 2.45) is 0 Å². The topological polar surface area (TPSA) is 9.23 Å². The molecule has 0 aliphatic carbocycles. The average Bonchev–Trinajstić information content (AvgIpc) is 2.70. The third-order valence-corrected chi connectivity index (χ3v) is 5.39. The zero-order valence-corrected chi connectivity index (χ0v) is 18.3. The number of hydrogen-bond donors (Lipinski definition) is 0. The van der Waals surface area contributed by atoms with E-state index in [1.807, 2.05) is 12.1 Å². The second-order valence-electron chi connectivity index (χ2n) is 7.98. The van der Waals surface area contributed by atoms with Crippen molar-refractivity contribution < 1.29 is 4.74 Å². The molecule has 0 atom stereocenters. The second kappa shape index (κ2) is 18.4. The number of unbranched alkanes of at least 4 members (excludes halogenated alkanes) is 15. The van der Waals surface area contributed by atoms with Gasteiger partial charge in [-0.3, -0.25) is 0 Å². The van der Waals surface area contributed by atoms with Gasteiger partial charge in [0.15, 0.2) is 0 Å². The highest BCUT2D eigenvalue weighted by atomic mass is 16.5. The molecule has 0 aliphatic heterocycles. The quantitative estimate of drug-likeness (QED) is 0.221. The van der Waals surface area contributed by atoms with E-state index in [1.54, 1.807) is 0 Å². The smallest absolute Gasteiger partial charge is 0.128 e. The Morgan fingerprint density at radius 1 is 0.630 bits per heavy atom. The molecule has 0 saturated heterocycles. The van der Waals surface area contributed by atoms with Gasteiger partial charge in [-0.15, -0.1) is 0 Å². The van der Waals surface area contributed by atoms with Gasteiger partial charge in [0, 0.05) is 6.07 Å². The molecule has 0 spiro atoms. The molecule has 0 bridgehead atoms. The minimum atomic E-state index is 0.815. The van der Waals surface area contributed by atoms with E-state index in [0.717, 1.165) is 25.2 Å². The predicted molar refractivity (Wildman–Crippen MR) is 119 cm³/mol. The first-order chi connectivity index (χ1) is 13.4. The van der Waals surface area contributed by atoms with Crippen molar-refractivity contribution in [2.75, 3.05) is 6.61 Å². The van der Waals surface area contributed by atoms with Crippen molar-refractivity contribution in [2.45, 2.75) is 123 Å². The molecule has 27 heavy (non-hydrogen) atoms. The third kappa shape index (κ3) is 14.7. The van der Waals surface area contributed by atoms with E-state index in [2.05, 4.69) is 26.0 Å². The Morgan fingerprint density at radius 2 is 1.11 bits per heavy atom. The van der Waals surface area contributed by atoms with Crippen LogP contribution in [0.5, 0.6) is 5.75 Å². The molecule has 0 aliphatic rings. The second-order valence-corrected chi connectivity index (χ2v) is 7.98. The van der Waals surface area contributed by atoms with Crippen LogP contribution >= 0.6 is 0 Å². The zero-order chi connectivity index (χ0) is 19.4. The van der Waals surface area contributed by atoms with Gasteiger partial charge in [0.25, 0.3) is 0 Å². The van der Waals surface area contributed by atoms with Gasteiger partial charge in [0.1, 0.15) is 5.75 Å². The van der Waals surface area contributed by atoms with Crippen molar-refractivity contribution >= 4 is 0 Å². The molecule has 0 aromatic heterocycles. The van der Waals surface area contributed by atoms with Gasteiger partial charge in [-0.2, -0.15) is 0 Å². The first kappa shape index (κ1) is 24.1. The minimum Gasteiger partial charge on any atom is -0.493 e. The van der Waals surface area contributed by atoms with Gasteiger partial charge in [-0.05, 0) is 30.5 Å². The van der Waals surface area contributed by atoms with E-state index in [-0.39, 0.29) is 0 Å². The van der Waals surface area contributed by atoms with E-state index in [4.69, 9.17) is 4.74 Å². The van der Waals surface area contributed by atoms with Crippen molar-refractivity contribution in [3.8, 4) is 5.75 Å². The molecule has 0 saturated carbocycles. The Labute approximate surface area is 170 Å². The van der Waals surface area contributed by atoms with Crippen LogP contribution < -0.4 is 4.74 Å². The Balaban J connectivity index is 1.76. The Kier molecular flexibility index (Phi) is 16.4. The first-order valence-electron chi connectivity index (χ1n) is 11.9. The summed E-state index contributed by atoms with van der Waals surface area (Å²) >= 11 is 0. The van der Waals surface area contributed by atoms with Crippen LogP contribution in [0, 0.1) is 12.1 Å². The molecule has 0 unspecified atom stereocenters. The molecular weight excluding hydrogens is 328 g/mol. The van der Waals surface area contributed by atoms with E-state index in [1.165, 1.54) is 102 Å². The third-order valence-electron chi connectivity index (χ3n) is 5.39. The normalized spacial score (nSPS) is 11.0. The van der Waals surface area contributed by atoms with Crippen LogP contribution in [0.4, 0.5) is 0 Å². The summed E-state index contributed by atoms with van der Waals surface area (Å²) in [6.07, 6.45) is 23.5. The Hall–Kier alpha value is -0.980. The van der Waals surface area contributed by atoms with E-state index < -0.39 is 0 Å². The SMILES string of the molecule is CCCCCCCCCCCCCCCCCCOc1[c]c(CC)c[c]c1. The lowest BCUT2D eigenvalue weighted by Gasteiger charge is -2.07. The van der Waals surface area contributed by atoms with Crippen molar-refractivity contribution in [3.05, 3.63) is 29.8 Å². The van der Waals surface area contributed by atoms with Gasteiger partial charge in [-0.1, -0.05) is 116 Å². The molecule has 154 valence electrons. The summed E-state index contributed by atoms with van der Waals surface area (Å²) in [6, 6.07) is 10.3. The highest BCUT2D eigenvalue weighted by Crippen LogP contribution is 2.15. The summed E-state index contributed by atoms with van der Waals surface area (Å²) in [7, 11) is 0. The van der Waals surface area contributed by atoms with Crippen LogP contribution in [0.25, 0.3) is 0 Å². The number of benzene rings is 1. The van der Waals surface area contributed by atoms with Crippen molar-refractivity contribution in [1.29, 1.82) is 0 Å². The lowest BCUT2D eigenvalue weighted by molar-refractivity contribution is 0.303. The largest absolute Gasteiger partial charge is 0.493 e. The predicted octanol–water partition coefficient (Wildman–Crippen LogP) is 8.49. The van der Waals surface area contributed by atoms with Crippen LogP contribution in [-0.2, 0) is 6.42 Å².